The first-order chi connectivity index (χ1) is 10.1. The molecule has 1 aromatic carbocycles. The molecular formula is C10H6F9NO2S. The summed E-state index contributed by atoms with van der Waals surface area (Å²) in [5.74, 6) is -4.18. The van der Waals surface area contributed by atoms with E-state index in [4.69, 9.17) is 5.73 Å². The monoisotopic (exact) mass is 375 g/mol. The number of sulfone groups is 1. The van der Waals surface area contributed by atoms with Crippen LogP contribution in [0, 0.1) is 0 Å². The highest BCUT2D eigenvalue weighted by Crippen LogP contribution is 2.53. The summed E-state index contributed by atoms with van der Waals surface area (Å²) >= 11 is 0. The van der Waals surface area contributed by atoms with Gasteiger partial charge in [0.25, 0.3) is 0 Å². The minimum absolute atomic E-state index is 0.0825. The average molecular weight is 375 g/mol. The lowest BCUT2D eigenvalue weighted by molar-refractivity contribution is -0.348. The summed E-state index contributed by atoms with van der Waals surface area (Å²) in [4.78, 5) is -1.74. The topological polar surface area (TPSA) is 60.2 Å². The van der Waals surface area contributed by atoms with E-state index in [1.54, 1.807) is 0 Å². The van der Waals surface area contributed by atoms with Crippen molar-refractivity contribution < 1.29 is 47.9 Å². The van der Waals surface area contributed by atoms with E-state index in [2.05, 4.69) is 0 Å². The van der Waals surface area contributed by atoms with E-state index >= 15 is 0 Å². The summed E-state index contributed by atoms with van der Waals surface area (Å²) < 4.78 is 136. The molecule has 3 nitrogen and oxygen atoms in total. The van der Waals surface area contributed by atoms with Crippen LogP contribution in [0.25, 0.3) is 0 Å². The van der Waals surface area contributed by atoms with Crippen molar-refractivity contribution in [1.29, 1.82) is 0 Å². The van der Waals surface area contributed by atoms with Crippen molar-refractivity contribution in [2.24, 2.45) is 0 Å². The maximum atomic E-state index is 13.8. The molecule has 0 fully saturated rings. The quantitative estimate of drug-likeness (QED) is 0.649. The lowest BCUT2D eigenvalue weighted by Crippen LogP contribution is -2.50. The summed E-state index contributed by atoms with van der Waals surface area (Å²) in [5.41, 5.74) is -4.27. The van der Waals surface area contributed by atoms with Gasteiger partial charge in [-0.3, -0.25) is 0 Å². The second-order valence-electron chi connectivity index (χ2n) is 4.21. The molecule has 0 heterocycles. The molecular weight excluding hydrogens is 369 g/mol. The third kappa shape index (κ3) is 3.05. The lowest BCUT2D eigenvalue weighted by atomic mass is 9.94. The van der Waals surface area contributed by atoms with Crippen molar-refractivity contribution in [3.05, 3.63) is 23.8 Å². The zero-order chi connectivity index (χ0) is 18.4. The highest BCUT2D eigenvalue weighted by molar-refractivity contribution is 7.91. The Labute approximate surface area is 122 Å². The van der Waals surface area contributed by atoms with E-state index < -0.39 is 55.8 Å². The highest BCUT2D eigenvalue weighted by atomic mass is 32.2. The zero-order valence-corrected chi connectivity index (χ0v) is 11.3. The van der Waals surface area contributed by atoms with Gasteiger partial charge in [0, 0.05) is 5.56 Å². The molecule has 0 aliphatic heterocycles. The second-order valence-corrected chi connectivity index (χ2v) is 6.10. The summed E-state index contributed by atoms with van der Waals surface area (Å²) in [6.45, 7) is 0. The van der Waals surface area contributed by atoms with E-state index in [-0.39, 0.29) is 12.1 Å². The summed E-state index contributed by atoms with van der Waals surface area (Å²) in [5, 5.41) is 0. The van der Waals surface area contributed by atoms with Gasteiger partial charge in [-0.15, -0.1) is 0 Å². The Morgan fingerprint density at radius 1 is 0.913 bits per heavy atom. The molecule has 0 radical (unpaired) electrons. The van der Waals surface area contributed by atoms with Gasteiger partial charge >= 0.3 is 23.8 Å². The van der Waals surface area contributed by atoms with Crippen LogP contribution in [0.3, 0.4) is 0 Å². The number of hydrogen-bond donors (Lipinski definition) is 1. The van der Waals surface area contributed by atoms with Gasteiger partial charge in [-0.1, -0.05) is 6.07 Å². The fourth-order valence-corrected chi connectivity index (χ4v) is 2.46. The molecule has 0 aliphatic carbocycles. The Balaban J connectivity index is 3.75. The van der Waals surface area contributed by atoms with Crippen LogP contribution in [-0.2, 0) is 15.5 Å². The number of rotatable bonds is 3. The largest absolute Gasteiger partial charge is 0.435 e. The van der Waals surface area contributed by atoms with Gasteiger partial charge in [-0.2, -0.15) is 35.1 Å². The fraction of sp³-hybridized carbons (Fsp3) is 0.400. The zero-order valence-electron chi connectivity index (χ0n) is 10.5. The standard InChI is InChI=1S/C10H6F9NO2S/c11-7(12)23(21,22)6-3-4(1-2-5(6)20)8(13,9(14,15)16)10(17,18)19/h1-3,7H,20H2. The predicted octanol–water partition coefficient (Wildman–Crippen LogP) is 3.55. The number of anilines is 1. The van der Waals surface area contributed by atoms with Crippen molar-refractivity contribution in [2.45, 2.75) is 28.7 Å². The molecule has 23 heavy (non-hydrogen) atoms. The lowest BCUT2D eigenvalue weighted by Gasteiger charge is -2.30. The molecule has 1 rings (SSSR count). The van der Waals surface area contributed by atoms with E-state index in [1.807, 2.05) is 0 Å². The van der Waals surface area contributed by atoms with Gasteiger partial charge in [0.15, 0.2) is 0 Å². The summed E-state index contributed by atoms with van der Waals surface area (Å²) in [6.07, 6.45) is -13.0. The van der Waals surface area contributed by atoms with E-state index in [9.17, 15) is 47.9 Å². The average Bonchev–Trinajstić information content (AvgIpc) is 2.35. The number of nitrogens with two attached hydrogens (primary N) is 1. The maximum Gasteiger partial charge on any atom is 0.435 e. The fourth-order valence-electron chi connectivity index (χ4n) is 1.58. The number of halogens is 9. The molecule has 0 spiro atoms. The summed E-state index contributed by atoms with van der Waals surface area (Å²) in [6, 6.07) is -0.422. The van der Waals surface area contributed by atoms with Crippen molar-refractivity contribution in [3.63, 3.8) is 0 Å². The number of alkyl halides is 9. The van der Waals surface area contributed by atoms with Crippen molar-refractivity contribution in [1.82, 2.24) is 0 Å². The molecule has 1 aromatic rings. The number of benzene rings is 1. The van der Waals surface area contributed by atoms with Crippen LogP contribution in [-0.4, -0.2) is 26.5 Å². The van der Waals surface area contributed by atoms with E-state index in [0.717, 1.165) is 0 Å². The first-order valence-electron chi connectivity index (χ1n) is 5.31. The maximum absolute atomic E-state index is 13.8. The first-order valence-corrected chi connectivity index (χ1v) is 6.86. The molecule has 0 unspecified atom stereocenters. The molecule has 13 heteroatoms. The SMILES string of the molecule is Nc1ccc(C(F)(C(F)(F)F)C(F)(F)F)cc1S(=O)(=O)C(F)F. The highest BCUT2D eigenvalue weighted by Gasteiger charge is 2.73. The number of hydrogen-bond acceptors (Lipinski definition) is 3. The molecule has 132 valence electrons. The van der Waals surface area contributed by atoms with Crippen LogP contribution in [0.5, 0.6) is 0 Å². The van der Waals surface area contributed by atoms with Crippen LogP contribution in [0.4, 0.5) is 45.2 Å². The molecule has 0 aliphatic rings. The second kappa shape index (κ2) is 5.46. The molecule has 2 N–H and O–H groups in total. The smallest absolute Gasteiger partial charge is 0.398 e. The van der Waals surface area contributed by atoms with Gasteiger partial charge in [0.05, 0.1) is 10.6 Å². The first kappa shape index (κ1) is 19.4. The van der Waals surface area contributed by atoms with Gasteiger partial charge in [-0.25, -0.2) is 12.8 Å². The molecule has 0 bridgehead atoms. The molecule has 0 saturated carbocycles. The Morgan fingerprint density at radius 2 is 1.35 bits per heavy atom. The number of nitrogen functional groups attached to an aromatic ring is 1. The van der Waals surface area contributed by atoms with Crippen LogP contribution in [0.2, 0.25) is 0 Å². The van der Waals surface area contributed by atoms with Crippen molar-refractivity contribution >= 4 is 15.5 Å². The Hall–Kier alpha value is -1.66. The molecule has 0 saturated heterocycles. The van der Waals surface area contributed by atoms with Crippen molar-refractivity contribution in [2.75, 3.05) is 5.73 Å². The minimum atomic E-state index is -6.52. The van der Waals surface area contributed by atoms with Gasteiger partial charge in [-0.05, 0) is 12.1 Å². The normalized spacial score (nSPS) is 14.3. The van der Waals surface area contributed by atoms with Crippen LogP contribution in [0.15, 0.2) is 23.1 Å². The molecule has 0 atom stereocenters. The molecule has 0 amide bonds. The third-order valence-corrected chi connectivity index (χ3v) is 4.17. The van der Waals surface area contributed by atoms with Crippen LogP contribution in [0.1, 0.15) is 5.56 Å². The van der Waals surface area contributed by atoms with Crippen LogP contribution < -0.4 is 5.73 Å². The van der Waals surface area contributed by atoms with Crippen LogP contribution >= 0.6 is 0 Å². The van der Waals surface area contributed by atoms with Gasteiger partial charge < -0.3 is 5.73 Å². The van der Waals surface area contributed by atoms with Gasteiger partial charge in [0.1, 0.15) is 0 Å². The third-order valence-electron chi connectivity index (χ3n) is 2.73. The van der Waals surface area contributed by atoms with Gasteiger partial charge in [0.2, 0.25) is 9.84 Å². The van der Waals surface area contributed by atoms with E-state index in [1.165, 1.54) is 0 Å². The Kier molecular flexibility index (Phi) is 4.60. The van der Waals surface area contributed by atoms with E-state index in [0.29, 0.717) is 0 Å². The Morgan fingerprint density at radius 3 is 1.70 bits per heavy atom. The molecule has 0 aromatic heterocycles. The predicted molar refractivity (Wildman–Crippen MR) is 58.9 cm³/mol. The summed E-state index contributed by atoms with van der Waals surface area (Å²) in [7, 11) is -5.64. The Bertz CT molecular complexity index is 679. The minimum Gasteiger partial charge on any atom is -0.398 e. The van der Waals surface area contributed by atoms with Crippen molar-refractivity contribution in [3.8, 4) is 0 Å².